The summed E-state index contributed by atoms with van der Waals surface area (Å²) >= 11 is 0. The maximum absolute atomic E-state index is 13.4. The Hall–Kier alpha value is 0.580. The third-order valence-corrected chi connectivity index (χ3v) is 6.40. The number of hydrogen-bond acceptors (Lipinski definition) is 4. The summed E-state index contributed by atoms with van der Waals surface area (Å²) in [5.41, 5.74) is -0.962. The summed E-state index contributed by atoms with van der Waals surface area (Å²) in [5.74, 6) is 0.245. The van der Waals surface area contributed by atoms with Gasteiger partial charge in [-0.2, -0.15) is 0 Å². The molecule has 4 nitrogen and oxygen atoms in total. The Morgan fingerprint density at radius 1 is 1.12 bits per heavy atom. The molecule has 0 heterocycles. The fraction of sp³-hybridized carbons (Fsp3) is 0.833. The van der Waals surface area contributed by atoms with Gasteiger partial charge >= 0.3 is 0 Å². The molecular weight excluding hydrogens is 373 g/mol. The van der Waals surface area contributed by atoms with Gasteiger partial charge in [0.2, 0.25) is 0 Å². The minimum atomic E-state index is -0.630. The maximum Gasteiger partial charge on any atom is 0.144 e. The molecule has 0 fully saturated rings. The molecule has 0 N–H and O–H groups in total. The van der Waals surface area contributed by atoms with Crippen LogP contribution in [0.2, 0.25) is 0 Å². The van der Waals surface area contributed by atoms with Crippen LogP contribution in [0.4, 0.5) is 0 Å². The van der Waals surface area contributed by atoms with Gasteiger partial charge in [0.25, 0.3) is 0 Å². The summed E-state index contributed by atoms with van der Waals surface area (Å²) in [7, 11) is 6.89. The van der Waals surface area contributed by atoms with E-state index in [1.807, 2.05) is 26.8 Å². The Balaban J connectivity index is 5.47. The van der Waals surface area contributed by atoms with E-state index in [9.17, 15) is 4.79 Å². The smallest absolute Gasteiger partial charge is 0.144 e. The molecule has 0 aliphatic heterocycles. The van der Waals surface area contributed by atoms with Crippen LogP contribution in [-0.4, -0.2) is 24.6 Å². The van der Waals surface area contributed by atoms with Crippen molar-refractivity contribution in [2.45, 2.75) is 66.6 Å². The molecule has 0 amide bonds. The molecule has 0 radical (unpaired) electrons. The molecule has 0 aromatic carbocycles. The average molecular weight is 410 g/mol. The number of carbonyl (C=O) groups excluding carboxylic acids is 1. The summed E-state index contributed by atoms with van der Waals surface area (Å²) in [5, 5.41) is 0. The first-order chi connectivity index (χ1) is 11.5. The molecule has 0 saturated heterocycles. The lowest BCUT2D eigenvalue weighted by Crippen LogP contribution is -2.49. The van der Waals surface area contributed by atoms with Crippen molar-refractivity contribution in [1.29, 1.82) is 0 Å². The van der Waals surface area contributed by atoms with E-state index in [0.717, 1.165) is 6.42 Å². The van der Waals surface area contributed by atoms with Crippen LogP contribution in [0.25, 0.3) is 0 Å². The van der Waals surface area contributed by atoms with Crippen molar-refractivity contribution in [3.63, 3.8) is 0 Å². The van der Waals surface area contributed by atoms with E-state index in [1.165, 1.54) is 0 Å². The van der Waals surface area contributed by atoms with E-state index in [2.05, 4.69) is 55.8 Å². The van der Waals surface area contributed by atoms with Crippen LogP contribution < -0.4 is 0 Å². The lowest BCUT2D eigenvalue weighted by molar-refractivity contribution is -0.142. The van der Waals surface area contributed by atoms with Crippen LogP contribution >= 0.6 is 28.4 Å². The Morgan fingerprint density at radius 2 is 1.68 bits per heavy atom. The fourth-order valence-corrected chi connectivity index (χ4v) is 4.74. The van der Waals surface area contributed by atoms with Gasteiger partial charge in [0.1, 0.15) is 5.78 Å². The van der Waals surface area contributed by atoms with E-state index < -0.39 is 5.41 Å². The molecule has 0 rings (SSSR count). The highest BCUT2D eigenvalue weighted by atomic mass is 31.0. The molecule has 0 aliphatic rings. The first-order valence-electron chi connectivity index (χ1n) is 8.70. The number of allylic oxidation sites excluding steroid dienone is 1. The normalized spacial score (nSPS) is 17.6. The monoisotopic (exact) mass is 410 g/mol. The van der Waals surface area contributed by atoms with Crippen LogP contribution in [0.3, 0.4) is 0 Å². The summed E-state index contributed by atoms with van der Waals surface area (Å²) in [6.45, 7) is 16.6. The third-order valence-electron chi connectivity index (χ3n) is 5.55. The van der Waals surface area contributed by atoms with E-state index >= 15 is 0 Å². The molecule has 7 atom stereocenters. The molecule has 7 heteroatoms. The van der Waals surface area contributed by atoms with Gasteiger partial charge in [-0.1, -0.05) is 47.6 Å². The minimum absolute atomic E-state index is 0.0732. The van der Waals surface area contributed by atoms with E-state index in [4.69, 9.17) is 13.6 Å². The second-order valence-electron chi connectivity index (χ2n) is 7.97. The van der Waals surface area contributed by atoms with Crippen molar-refractivity contribution in [1.82, 2.24) is 0 Å². The predicted molar refractivity (Wildman–Crippen MR) is 115 cm³/mol. The zero-order valence-electron chi connectivity index (χ0n) is 16.6. The van der Waals surface area contributed by atoms with E-state index in [-0.39, 0.29) is 35.2 Å². The molecule has 25 heavy (non-hydrogen) atoms. The zero-order chi connectivity index (χ0) is 19.8. The Kier molecular flexibility index (Phi) is 11.7. The third kappa shape index (κ3) is 6.60. The molecule has 0 bridgehead atoms. The predicted octanol–water partition coefficient (Wildman–Crippen LogP) is 5.00. The summed E-state index contributed by atoms with van der Waals surface area (Å²) in [6.07, 6.45) is 3.08. The van der Waals surface area contributed by atoms with Crippen molar-refractivity contribution in [3.05, 3.63) is 12.7 Å². The highest BCUT2D eigenvalue weighted by Crippen LogP contribution is 2.43. The first-order valence-corrected chi connectivity index (χ1v) is 10.1. The summed E-state index contributed by atoms with van der Waals surface area (Å²) < 4.78 is 16.3. The first kappa shape index (κ1) is 25.6. The van der Waals surface area contributed by atoms with Crippen LogP contribution in [0.1, 0.15) is 54.4 Å². The molecular formula is C18H37O4P3. The number of rotatable bonds is 13. The second-order valence-corrected chi connectivity index (χ2v) is 8.85. The van der Waals surface area contributed by atoms with Crippen LogP contribution in [0.5, 0.6) is 0 Å². The van der Waals surface area contributed by atoms with Crippen LogP contribution in [-0.2, 0) is 18.4 Å². The molecule has 0 saturated carbocycles. The highest BCUT2D eigenvalue weighted by molar-refractivity contribution is 7.10. The van der Waals surface area contributed by atoms with Crippen molar-refractivity contribution in [2.24, 2.45) is 22.7 Å². The molecule has 0 aromatic rings. The standard InChI is InChI=1S/C18H37O4P3/c1-8-9-12(2)16(22-25)17(4,5)13(3)15(19)18(6,7)14(21-24)10-11-20-23/h8,12-14,16H,1,9-11,23-25H2,2-7H3/t12-,13?,14-,16-/m0/s1. The second kappa shape index (κ2) is 11.4. The highest BCUT2D eigenvalue weighted by Gasteiger charge is 2.47. The number of ketones is 1. The van der Waals surface area contributed by atoms with Gasteiger partial charge < -0.3 is 13.6 Å². The fourth-order valence-electron chi connectivity index (χ4n) is 3.50. The Bertz CT molecular complexity index is 427. The lowest BCUT2D eigenvalue weighted by Gasteiger charge is -2.44. The number of hydrogen-bond donors (Lipinski definition) is 0. The van der Waals surface area contributed by atoms with Gasteiger partial charge in [0.05, 0.1) is 24.2 Å². The molecule has 148 valence electrons. The lowest BCUT2D eigenvalue weighted by atomic mass is 9.64. The van der Waals surface area contributed by atoms with Crippen molar-refractivity contribution < 1.29 is 18.4 Å². The minimum Gasteiger partial charge on any atom is -0.366 e. The topological polar surface area (TPSA) is 44.8 Å². The quantitative estimate of drug-likeness (QED) is 0.317. The Labute approximate surface area is 161 Å². The maximum atomic E-state index is 13.4. The van der Waals surface area contributed by atoms with E-state index in [0.29, 0.717) is 13.0 Å². The van der Waals surface area contributed by atoms with Gasteiger partial charge in [-0.3, -0.25) is 4.79 Å². The summed E-state index contributed by atoms with van der Waals surface area (Å²) in [6, 6.07) is 0. The zero-order valence-corrected chi connectivity index (χ0v) is 20.0. The Morgan fingerprint density at radius 3 is 2.08 bits per heavy atom. The summed E-state index contributed by atoms with van der Waals surface area (Å²) in [4.78, 5) is 13.4. The van der Waals surface area contributed by atoms with Crippen molar-refractivity contribution in [3.8, 4) is 0 Å². The van der Waals surface area contributed by atoms with E-state index in [1.54, 1.807) is 0 Å². The van der Waals surface area contributed by atoms with Crippen molar-refractivity contribution in [2.75, 3.05) is 6.61 Å². The SMILES string of the molecule is C=CC[C@H](C)[C@H](OP)C(C)(C)C(C)C(=O)C(C)(C)[C@H](CCOP)OP. The molecule has 0 spiro atoms. The van der Waals surface area contributed by atoms with Gasteiger partial charge in [0.15, 0.2) is 0 Å². The number of carbonyl (C=O) groups is 1. The molecule has 0 aliphatic carbocycles. The van der Waals surface area contributed by atoms with Gasteiger partial charge in [-0.05, 0) is 18.8 Å². The van der Waals surface area contributed by atoms with Crippen molar-refractivity contribution >= 4 is 34.2 Å². The van der Waals surface area contributed by atoms with Gasteiger partial charge in [-0.15, -0.1) is 6.58 Å². The number of Topliss-reactive ketones (excluding diaryl/α,β-unsaturated/α-hetero) is 1. The average Bonchev–Trinajstić information content (AvgIpc) is 2.54. The van der Waals surface area contributed by atoms with Gasteiger partial charge in [0, 0.05) is 39.7 Å². The molecule has 0 aromatic heterocycles. The molecule has 4 unspecified atom stereocenters. The van der Waals surface area contributed by atoms with Crippen LogP contribution in [0.15, 0.2) is 12.7 Å². The largest absolute Gasteiger partial charge is 0.366 e. The van der Waals surface area contributed by atoms with Crippen LogP contribution in [0, 0.1) is 22.7 Å². The van der Waals surface area contributed by atoms with Gasteiger partial charge in [-0.25, -0.2) is 0 Å².